The van der Waals surface area contributed by atoms with Crippen LogP contribution in [0, 0.1) is 0 Å². The molecule has 3 rings (SSSR count). The summed E-state index contributed by atoms with van der Waals surface area (Å²) in [6, 6.07) is 7.35. The summed E-state index contributed by atoms with van der Waals surface area (Å²) in [5.74, 6) is -0.0140. The number of carbonyl (C=O) groups excluding carboxylic acids is 1. The molecule has 1 fully saturated rings. The first-order valence-corrected chi connectivity index (χ1v) is 7.99. The van der Waals surface area contributed by atoms with Crippen LogP contribution in [0.15, 0.2) is 53.1 Å². The van der Waals surface area contributed by atoms with Crippen LogP contribution < -0.4 is 5.32 Å². The van der Waals surface area contributed by atoms with Crippen molar-refractivity contribution in [3.63, 3.8) is 0 Å². The molecule has 1 saturated heterocycles. The van der Waals surface area contributed by atoms with E-state index in [2.05, 4.69) is 16.4 Å². The van der Waals surface area contributed by atoms with E-state index in [1.165, 1.54) is 11.8 Å². The molecule has 1 aliphatic heterocycles. The zero-order chi connectivity index (χ0) is 14.9. The van der Waals surface area contributed by atoms with E-state index in [0.29, 0.717) is 15.9 Å². The number of para-hydroxylation sites is 1. The molecule has 1 aromatic rings. The molecule has 0 aromatic heterocycles. The molecular weight excluding hydrogens is 304 g/mol. The molecule has 0 bridgehead atoms. The lowest BCUT2D eigenvalue weighted by atomic mass is 9.92. The molecule has 1 amide bonds. The standard InChI is InChI=1S/C16H15ClN2OS/c1-16(11-7-3-2-4-8-11)14(20)19-15(21-16)18-13-10-6-5-9-12(13)17/h2-3,5-7,9-10H,4,8H2,1H3,(H,18,19,20). The molecule has 1 N–H and O–H groups in total. The van der Waals surface area contributed by atoms with Gasteiger partial charge in [-0.1, -0.05) is 53.7 Å². The topological polar surface area (TPSA) is 41.5 Å². The minimum absolute atomic E-state index is 0.0140. The average Bonchev–Trinajstić information content (AvgIpc) is 2.78. The Morgan fingerprint density at radius 2 is 2.19 bits per heavy atom. The van der Waals surface area contributed by atoms with E-state index >= 15 is 0 Å². The van der Waals surface area contributed by atoms with E-state index in [0.717, 1.165) is 18.4 Å². The number of carbonyl (C=O) groups is 1. The number of halogens is 1. The van der Waals surface area contributed by atoms with Gasteiger partial charge in [0.25, 0.3) is 0 Å². The number of rotatable bonds is 2. The first-order valence-electron chi connectivity index (χ1n) is 6.79. The lowest BCUT2D eigenvalue weighted by molar-refractivity contribution is -0.120. The highest BCUT2D eigenvalue weighted by Gasteiger charge is 2.45. The van der Waals surface area contributed by atoms with Gasteiger partial charge < -0.3 is 5.32 Å². The molecular formula is C16H15ClN2OS. The maximum Gasteiger partial charge on any atom is 0.246 e. The zero-order valence-electron chi connectivity index (χ0n) is 11.6. The Kier molecular flexibility index (Phi) is 3.91. The number of benzene rings is 1. The Labute approximate surface area is 133 Å². The van der Waals surface area contributed by atoms with Crippen LogP contribution in [0.3, 0.4) is 0 Å². The summed E-state index contributed by atoms with van der Waals surface area (Å²) in [7, 11) is 0. The van der Waals surface area contributed by atoms with Gasteiger partial charge in [0.05, 0.1) is 10.7 Å². The van der Waals surface area contributed by atoms with Gasteiger partial charge in [0.2, 0.25) is 5.91 Å². The van der Waals surface area contributed by atoms with Gasteiger partial charge in [0.1, 0.15) is 4.75 Å². The Morgan fingerprint density at radius 1 is 1.38 bits per heavy atom. The molecule has 0 saturated carbocycles. The molecule has 3 nitrogen and oxygen atoms in total. The van der Waals surface area contributed by atoms with Crippen LogP contribution in [0.5, 0.6) is 0 Å². The van der Waals surface area contributed by atoms with Crippen LogP contribution >= 0.6 is 23.4 Å². The summed E-state index contributed by atoms with van der Waals surface area (Å²) < 4.78 is -0.579. The van der Waals surface area contributed by atoms with Gasteiger partial charge in [-0.3, -0.25) is 4.79 Å². The van der Waals surface area contributed by atoms with Crippen molar-refractivity contribution in [2.24, 2.45) is 4.99 Å². The summed E-state index contributed by atoms with van der Waals surface area (Å²) in [5.41, 5.74) is 1.81. The van der Waals surface area contributed by atoms with E-state index in [9.17, 15) is 4.79 Å². The minimum Gasteiger partial charge on any atom is -0.304 e. The number of allylic oxidation sites excluding steroid dienone is 3. The van der Waals surface area contributed by atoms with Crippen LogP contribution in [0.2, 0.25) is 5.02 Å². The van der Waals surface area contributed by atoms with Crippen molar-refractivity contribution in [3.05, 3.63) is 53.1 Å². The third-order valence-corrected chi connectivity index (χ3v) is 5.22. The third kappa shape index (κ3) is 2.78. The summed E-state index contributed by atoms with van der Waals surface area (Å²) in [4.78, 5) is 16.8. The summed E-state index contributed by atoms with van der Waals surface area (Å²) in [6.07, 6.45) is 8.05. The van der Waals surface area contributed by atoms with Crippen LogP contribution in [-0.4, -0.2) is 15.8 Å². The van der Waals surface area contributed by atoms with Gasteiger partial charge >= 0.3 is 0 Å². The third-order valence-electron chi connectivity index (χ3n) is 3.66. The summed E-state index contributed by atoms with van der Waals surface area (Å²) >= 11 is 7.57. The maximum absolute atomic E-state index is 12.4. The Hall–Kier alpha value is -1.52. The Balaban J connectivity index is 1.89. The molecule has 1 unspecified atom stereocenters. The maximum atomic E-state index is 12.4. The number of hydrogen-bond acceptors (Lipinski definition) is 3. The number of hydrogen-bond donors (Lipinski definition) is 1. The molecule has 1 heterocycles. The van der Waals surface area contributed by atoms with Crippen LogP contribution in [0.4, 0.5) is 5.69 Å². The lowest BCUT2D eigenvalue weighted by Crippen LogP contribution is -2.35. The quantitative estimate of drug-likeness (QED) is 0.886. The van der Waals surface area contributed by atoms with Gasteiger partial charge in [0.15, 0.2) is 5.17 Å². The molecule has 1 aliphatic carbocycles. The molecule has 5 heteroatoms. The second kappa shape index (κ2) is 5.70. The predicted molar refractivity (Wildman–Crippen MR) is 89.1 cm³/mol. The fourth-order valence-electron chi connectivity index (χ4n) is 2.40. The Morgan fingerprint density at radius 3 is 2.90 bits per heavy atom. The van der Waals surface area contributed by atoms with Gasteiger partial charge in [-0.05, 0) is 37.5 Å². The minimum atomic E-state index is -0.579. The van der Waals surface area contributed by atoms with Crippen molar-refractivity contribution in [2.75, 3.05) is 0 Å². The first kappa shape index (κ1) is 14.4. The molecule has 21 heavy (non-hydrogen) atoms. The van der Waals surface area contributed by atoms with E-state index in [1.54, 1.807) is 6.07 Å². The normalized spacial score (nSPS) is 26.9. The van der Waals surface area contributed by atoms with E-state index in [1.807, 2.05) is 37.3 Å². The largest absolute Gasteiger partial charge is 0.304 e. The van der Waals surface area contributed by atoms with Crippen LogP contribution in [0.25, 0.3) is 0 Å². The monoisotopic (exact) mass is 318 g/mol. The SMILES string of the molecule is CC1(C2=CC=CCC2)SC(=Nc2ccccc2Cl)NC1=O. The average molecular weight is 319 g/mol. The van der Waals surface area contributed by atoms with Gasteiger partial charge in [-0.25, -0.2) is 4.99 Å². The van der Waals surface area contributed by atoms with Crippen LogP contribution in [-0.2, 0) is 4.79 Å². The number of thioether (sulfide) groups is 1. The molecule has 108 valence electrons. The van der Waals surface area contributed by atoms with Crippen molar-refractivity contribution >= 4 is 40.1 Å². The van der Waals surface area contributed by atoms with Crippen molar-refractivity contribution in [3.8, 4) is 0 Å². The summed E-state index contributed by atoms with van der Waals surface area (Å²) in [6.45, 7) is 1.95. The second-order valence-electron chi connectivity index (χ2n) is 5.12. The molecule has 0 radical (unpaired) electrons. The van der Waals surface area contributed by atoms with Gasteiger partial charge in [-0.2, -0.15) is 0 Å². The van der Waals surface area contributed by atoms with Gasteiger partial charge in [0, 0.05) is 0 Å². The zero-order valence-corrected chi connectivity index (χ0v) is 13.2. The Bertz CT molecular complexity index is 681. The smallest absolute Gasteiger partial charge is 0.246 e. The molecule has 2 aliphatic rings. The number of amidine groups is 1. The predicted octanol–water partition coefficient (Wildman–Crippen LogP) is 4.23. The highest BCUT2D eigenvalue weighted by molar-refractivity contribution is 8.16. The number of aliphatic imine (C=N–C) groups is 1. The highest BCUT2D eigenvalue weighted by Crippen LogP contribution is 2.42. The molecule has 0 spiro atoms. The fraction of sp³-hybridized carbons (Fsp3) is 0.250. The summed E-state index contributed by atoms with van der Waals surface area (Å²) in [5, 5.41) is 4.05. The van der Waals surface area contributed by atoms with Crippen molar-refractivity contribution < 1.29 is 4.79 Å². The number of amides is 1. The van der Waals surface area contributed by atoms with Crippen LogP contribution in [0.1, 0.15) is 19.8 Å². The fourth-order valence-corrected chi connectivity index (χ4v) is 3.69. The first-order chi connectivity index (χ1) is 10.1. The number of nitrogens with one attached hydrogen (secondary N) is 1. The van der Waals surface area contributed by atoms with E-state index in [-0.39, 0.29) is 5.91 Å². The number of nitrogens with zero attached hydrogens (tertiary/aromatic N) is 1. The van der Waals surface area contributed by atoms with E-state index < -0.39 is 4.75 Å². The lowest BCUT2D eigenvalue weighted by Gasteiger charge is -2.23. The van der Waals surface area contributed by atoms with Crippen molar-refractivity contribution in [1.82, 2.24) is 5.32 Å². The second-order valence-corrected chi connectivity index (χ2v) is 6.93. The molecule has 1 atom stereocenters. The van der Waals surface area contributed by atoms with Gasteiger partial charge in [-0.15, -0.1) is 0 Å². The highest BCUT2D eigenvalue weighted by atomic mass is 35.5. The van der Waals surface area contributed by atoms with E-state index in [4.69, 9.17) is 11.6 Å². The van der Waals surface area contributed by atoms with Crippen molar-refractivity contribution in [1.29, 1.82) is 0 Å². The van der Waals surface area contributed by atoms with Crippen molar-refractivity contribution in [2.45, 2.75) is 24.5 Å². The molecule has 1 aromatic carbocycles.